The quantitative estimate of drug-likeness (QED) is 0.686. The van der Waals surface area contributed by atoms with E-state index < -0.39 is 6.08 Å². The summed E-state index contributed by atoms with van der Waals surface area (Å²) in [5.74, 6) is 0.465. The van der Waals surface area contributed by atoms with Crippen LogP contribution in [0.25, 0.3) is 21.7 Å². The first-order valence-corrected chi connectivity index (χ1v) is 6.66. The monoisotopic (exact) mass is 277 g/mol. The SMILES string of the molecule is CC(C)(C)n1nc(F)nc1-c1cnc2scnc2c1. The first-order valence-electron chi connectivity index (χ1n) is 5.78. The van der Waals surface area contributed by atoms with Gasteiger partial charge in [-0.2, -0.15) is 9.37 Å². The number of hydrogen-bond acceptors (Lipinski definition) is 5. The molecule has 98 valence electrons. The Hall–Kier alpha value is -1.89. The fraction of sp³-hybridized carbons (Fsp3) is 0.333. The van der Waals surface area contributed by atoms with Gasteiger partial charge >= 0.3 is 6.08 Å². The molecule has 0 saturated carbocycles. The topological polar surface area (TPSA) is 56.5 Å². The zero-order chi connectivity index (χ0) is 13.6. The lowest BCUT2D eigenvalue weighted by molar-refractivity contribution is 0.346. The molecule has 19 heavy (non-hydrogen) atoms. The second-order valence-corrected chi connectivity index (χ2v) is 6.02. The lowest BCUT2D eigenvalue weighted by Crippen LogP contribution is -2.24. The second-order valence-electron chi connectivity index (χ2n) is 5.19. The summed E-state index contributed by atoms with van der Waals surface area (Å²) in [7, 11) is 0. The van der Waals surface area contributed by atoms with Crippen LogP contribution in [0.15, 0.2) is 17.8 Å². The van der Waals surface area contributed by atoms with E-state index in [2.05, 4.69) is 20.1 Å². The molecule has 7 heteroatoms. The molecule has 0 bridgehead atoms. The van der Waals surface area contributed by atoms with Crippen molar-refractivity contribution in [1.82, 2.24) is 24.7 Å². The number of aromatic nitrogens is 5. The third-order valence-electron chi connectivity index (χ3n) is 2.66. The Morgan fingerprint density at radius 2 is 2.05 bits per heavy atom. The Labute approximate surface area is 113 Å². The predicted octanol–water partition coefficient (Wildman–Crippen LogP) is 2.84. The van der Waals surface area contributed by atoms with Crippen molar-refractivity contribution in [3.8, 4) is 11.4 Å². The Morgan fingerprint density at radius 3 is 2.79 bits per heavy atom. The van der Waals surface area contributed by atoms with Gasteiger partial charge in [0, 0.05) is 11.8 Å². The molecule has 0 aliphatic heterocycles. The Morgan fingerprint density at radius 1 is 1.26 bits per heavy atom. The molecular formula is C12H12FN5S. The Balaban J connectivity index is 2.20. The normalized spacial score (nSPS) is 12.2. The summed E-state index contributed by atoms with van der Waals surface area (Å²) in [6.45, 7) is 5.83. The minimum absolute atomic E-state index is 0.357. The van der Waals surface area contributed by atoms with E-state index in [9.17, 15) is 4.39 Å². The standard InChI is InChI=1S/C12H12FN5S/c1-12(2,3)18-9(16-11(13)17-18)7-4-8-10(14-5-7)19-6-15-8/h4-6H,1-3H3. The van der Waals surface area contributed by atoms with Crippen molar-refractivity contribution in [3.05, 3.63) is 23.9 Å². The molecule has 3 aromatic heterocycles. The van der Waals surface area contributed by atoms with Crippen LogP contribution in [-0.2, 0) is 5.54 Å². The maximum atomic E-state index is 13.4. The number of hydrogen-bond donors (Lipinski definition) is 0. The average Bonchev–Trinajstić information content (AvgIpc) is 2.92. The molecule has 0 spiro atoms. The van der Waals surface area contributed by atoms with Crippen LogP contribution in [0.1, 0.15) is 20.8 Å². The summed E-state index contributed by atoms with van der Waals surface area (Å²) in [5, 5.41) is 3.82. The minimum Gasteiger partial charge on any atom is -0.243 e. The van der Waals surface area contributed by atoms with Crippen LogP contribution in [0.3, 0.4) is 0 Å². The third kappa shape index (κ3) is 2.10. The Kier molecular flexibility index (Phi) is 2.60. The highest BCUT2D eigenvalue weighted by Crippen LogP contribution is 2.26. The van der Waals surface area contributed by atoms with Gasteiger partial charge in [0.2, 0.25) is 0 Å². The number of pyridine rings is 1. The van der Waals surface area contributed by atoms with Crippen LogP contribution in [0, 0.1) is 6.08 Å². The third-order valence-corrected chi connectivity index (χ3v) is 3.41. The van der Waals surface area contributed by atoms with Gasteiger partial charge in [-0.05, 0) is 26.8 Å². The lowest BCUT2D eigenvalue weighted by Gasteiger charge is -2.20. The highest BCUT2D eigenvalue weighted by atomic mass is 32.1. The summed E-state index contributed by atoms with van der Waals surface area (Å²) < 4.78 is 14.9. The molecule has 0 unspecified atom stereocenters. The zero-order valence-corrected chi connectivity index (χ0v) is 11.6. The van der Waals surface area contributed by atoms with Gasteiger partial charge in [-0.25, -0.2) is 14.6 Å². The van der Waals surface area contributed by atoms with Gasteiger partial charge in [0.1, 0.15) is 10.3 Å². The molecule has 0 radical (unpaired) electrons. The molecule has 3 aromatic rings. The van der Waals surface area contributed by atoms with E-state index in [0.29, 0.717) is 11.4 Å². The van der Waals surface area contributed by atoms with Crippen LogP contribution in [0.4, 0.5) is 4.39 Å². The highest BCUT2D eigenvalue weighted by molar-refractivity contribution is 7.16. The number of halogens is 1. The zero-order valence-electron chi connectivity index (χ0n) is 10.8. The molecule has 3 heterocycles. The van der Waals surface area contributed by atoms with E-state index in [1.165, 1.54) is 11.3 Å². The maximum Gasteiger partial charge on any atom is 0.327 e. The van der Waals surface area contributed by atoms with Crippen LogP contribution in [0.2, 0.25) is 0 Å². The fourth-order valence-electron chi connectivity index (χ4n) is 1.82. The summed E-state index contributed by atoms with van der Waals surface area (Å²) in [6, 6.07) is 1.85. The summed E-state index contributed by atoms with van der Waals surface area (Å²) in [4.78, 5) is 13.2. The maximum absolute atomic E-state index is 13.4. The molecule has 0 aromatic carbocycles. The number of fused-ring (bicyclic) bond motifs is 1. The van der Waals surface area contributed by atoms with Crippen LogP contribution in [-0.4, -0.2) is 24.7 Å². The smallest absolute Gasteiger partial charge is 0.243 e. The molecule has 0 saturated heterocycles. The van der Waals surface area contributed by atoms with E-state index in [1.54, 1.807) is 16.4 Å². The molecule has 0 atom stereocenters. The predicted molar refractivity (Wildman–Crippen MR) is 71.4 cm³/mol. The van der Waals surface area contributed by atoms with Crippen LogP contribution >= 0.6 is 11.3 Å². The number of thiazole rings is 1. The van der Waals surface area contributed by atoms with Crippen molar-refractivity contribution < 1.29 is 4.39 Å². The van der Waals surface area contributed by atoms with E-state index in [1.807, 2.05) is 26.8 Å². The minimum atomic E-state index is -0.733. The lowest BCUT2D eigenvalue weighted by atomic mass is 10.1. The summed E-state index contributed by atoms with van der Waals surface area (Å²) in [6.07, 6.45) is 0.940. The van der Waals surface area contributed by atoms with Crippen molar-refractivity contribution in [2.75, 3.05) is 0 Å². The van der Waals surface area contributed by atoms with Crippen molar-refractivity contribution in [2.45, 2.75) is 26.3 Å². The van der Waals surface area contributed by atoms with Gasteiger partial charge in [0.15, 0.2) is 5.82 Å². The number of rotatable bonds is 1. The van der Waals surface area contributed by atoms with Crippen LogP contribution in [0.5, 0.6) is 0 Å². The largest absolute Gasteiger partial charge is 0.327 e. The van der Waals surface area contributed by atoms with Crippen molar-refractivity contribution >= 4 is 21.7 Å². The van der Waals surface area contributed by atoms with E-state index in [4.69, 9.17) is 0 Å². The molecule has 0 aliphatic carbocycles. The summed E-state index contributed by atoms with van der Waals surface area (Å²) in [5.41, 5.74) is 2.87. The molecule has 0 amide bonds. The summed E-state index contributed by atoms with van der Waals surface area (Å²) >= 11 is 1.47. The van der Waals surface area contributed by atoms with E-state index >= 15 is 0 Å². The van der Waals surface area contributed by atoms with Crippen molar-refractivity contribution in [2.24, 2.45) is 0 Å². The van der Waals surface area contributed by atoms with Crippen molar-refractivity contribution in [3.63, 3.8) is 0 Å². The highest BCUT2D eigenvalue weighted by Gasteiger charge is 2.22. The molecular weight excluding hydrogens is 265 g/mol. The van der Waals surface area contributed by atoms with Gasteiger partial charge in [0.25, 0.3) is 0 Å². The first kappa shape index (κ1) is 12.2. The molecule has 0 aliphatic rings. The number of nitrogens with zero attached hydrogens (tertiary/aromatic N) is 5. The van der Waals surface area contributed by atoms with Crippen molar-refractivity contribution in [1.29, 1.82) is 0 Å². The van der Waals surface area contributed by atoms with E-state index in [-0.39, 0.29) is 5.54 Å². The van der Waals surface area contributed by atoms with Crippen LogP contribution < -0.4 is 0 Å². The fourth-order valence-corrected chi connectivity index (χ4v) is 2.43. The van der Waals surface area contributed by atoms with Gasteiger partial charge in [-0.1, -0.05) is 0 Å². The molecule has 3 rings (SSSR count). The molecule has 0 fully saturated rings. The van der Waals surface area contributed by atoms with Gasteiger partial charge < -0.3 is 0 Å². The van der Waals surface area contributed by atoms with Gasteiger partial charge in [0.05, 0.1) is 11.0 Å². The second kappa shape index (κ2) is 4.06. The van der Waals surface area contributed by atoms with Gasteiger partial charge in [-0.3, -0.25) is 0 Å². The first-order chi connectivity index (χ1) is 8.95. The van der Waals surface area contributed by atoms with Gasteiger partial charge in [-0.15, -0.1) is 16.4 Å². The molecule has 0 N–H and O–H groups in total. The Bertz CT molecular complexity index is 740. The average molecular weight is 277 g/mol. The molecule has 5 nitrogen and oxygen atoms in total. The van der Waals surface area contributed by atoms with E-state index in [0.717, 1.165) is 10.3 Å².